The molecule has 2 amide bonds. The molecule has 0 radical (unpaired) electrons. The molecule has 9 heteroatoms. The minimum Gasteiger partial charge on any atom is -0.381 e. The van der Waals surface area contributed by atoms with E-state index in [-0.39, 0.29) is 24.4 Å². The normalized spacial score (nSPS) is 16.2. The summed E-state index contributed by atoms with van der Waals surface area (Å²) < 4.78 is 5.42. The molecule has 0 saturated carbocycles. The zero-order valence-corrected chi connectivity index (χ0v) is 26.4. The Kier molecular flexibility index (Phi) is 12.4. The summed E-state index contributed by atoms with van der Waals surface area (Å²) >= 11 is 6.45. The van der Waals surface area contributed by atoms with E-state index >= 15 is 0 Å². The molecule has 8 nitrogen and oxygen atoms in total. The predicted molar refractivity (Wildman–Crippen MR) is 173 cm³/mol. The number of carbonyl (C=O) groups excluding carboxylic acids is 2. The van der Waals surface area contributed by atoms with Crippen LogP contribution in [0, 0.1) is 0 Å². The third kappa shape index (κ3) is 9.25. The van der Waals surface area contributed by atoms with Gasteiger partial charge >= 0.3 is 0 Å². The van der Waals surface area contributed by atoms with Crippen LogP contribution in [0.25, 0.3) is 11.3 Å². The number of unbranched alkanes of at least 4 members (excludes halogenated alkanes) is 1. The van der Waals surface area contributed by atoms with Crippen LogP contribution in [0.4, 0.5) is 5.95 Å². The lowest BCUT2D eigenvalue weighted by Crippen LogP contribution is -2.41. The van der Waals surface area contributed by atoms with Gasteiger partial charge in [-0.3, -0.25) is 9.59 Å². The molecule has 5 rings (SSSR count). The molecule has 3 aliphatic rings. The Hall–Kier alpha value is -3.49. The van der Waals surface area contributed by atoms with Crippen LogP contribution in [0.5, 0.6) is 0 Å². The molecular weight excluding hydrogens is 562 g/mol. The number of hydrogen-bond acceptors (Lipinski definition) is 6. The number of nitrogens with zero attached hydrogens (tertiary/aromatic N) is 4. The highest BCUT2D eigenvalue weighted by atomic mass is 35.5. The number of anilines is 1. The molecule has 230 valence electrons. The number of benzene rings is 1. The van der Waals surface area contributed by atoms with E-state index in [1.807, 2.05) is 23.1 Å². The molecule has 1 aromatic carbocycles. The van der Waals surface area contributed by atoms with Crippen molar-refractivity contribution >= 4 is 29.4 Å². The summed E-state index contributed by atoms with van der Waals surface area (Å²) in [5.74, 6) is 0.385. The standard InChI is InChI=1S/C26H34ClN5O3.C8H10/c1-3-5-11-31(10-4-2)23(33)17-32-16-19-7-6-18(14-21(19)25(32)34)24-22(27)15-28-26(30-24)29-20-8-12-35-13-9-20;1-8-6-4-2-3-5-7-8/h6-7,14-15,20H,3-5,8-13,16-17H2,1-2H3,(H,28,29,30);2,4-7H,3H2,1H3. The van der Waals surface area contributed by atoms with Gasteiger partial charge in [-0.15, -0.1) is 0 Å². The Morgan fingerprint density at radius 1 is 1.16 bits per heavy atom. The summed E-state index contributed by atoms with van der Waals surface area (Å²) in [6, 6.07) is 5.94. The van der Waals surface area contributed by atoms with Crippen molar-refractivity contribution in [1.82, 2.24) is 19.8 Å². The van der Waals surface area contributed by atoms with Crippen LogP contribution in [0.15, 0.2) is 60.3 Å². The first-order valence-corrected chi connectivity index (χ1v) is 15.8. The first-order valence-electron chi connectivity index (χ1n) is 15.5. The van der Waals surface area contributed by atoms with E-state index in [1.165, 1.54) is 5.57 Å². The highest BCUT2D eigenvalue weighted by Crippen LogP contribution is 2.31. The van der Waals surface area contributed by atoms with E-state index in [0.29, 0.717) is 35.3 Å². The Morgan fingerprint density at radius 3 is 2.74 bits per heavy atom. The Morgan fingerprint density at radius 2 is 1.98 bits per heavy atom. The molecule has 1 N–H and O–H groups in total. The van der Waals surface area contributed by atoms with Crippen molar-refractivity contribution < 1.29 is 14.3 Å². The number of halogens is 1. The molecule has 0 atom stereocenters. The summed E-state index contributed by atoms with van der Waals surface area (Å²) in [6.45, 7) is 9.70. The van der Waals surface area contributed by atoms with Gasteiger partial charge in [0.2, 0.25) is 11.9 Å². The number of fused-ring (bicyclic) bond motifs is 1. The summed E-state index contributed by atoms with van der Waals surface area (Å²) in [5.41, 5.74) is 4.17. The van der Waals surface area contributed by atoms with Crippen LogP contribution >= 0.6 is 11.6 Å². The predicted octanol–water partition coefficient (Wildman–Crippen LogP) is 6.83. The van der Waals surface area contributed by atoms with Crippen LogP contribution in [0.1, 0.15) is 75.2 Å². The molecule has 2 aliphatic heterocycles. The molecule has 1 aromatic heterocycles. The van der Waals surface area contributed by atoms with Gasteiger partial charge < -0.3 is 19.9 Å². The van der Waals surface area contributed by atoms with Crippen LogP contribution in [0.3, 0.4) is 0 Å². The molecule has 1 saturated heterocycles. The van der Waals surface area contributed by atoms with Gasteiger partial charge in [0.25, 0.3) is 5.91 Å². The van der Waals surface area contributed by atoms with Crippen molar-refractivity contribution in [2.75, 3.05) is 38.2 Å². The number of carbonyl (C=O) groups is 2. The minimum atomic E-state index is -0.132. The smallest absolute Gasteiger partial charge is 0.254 e. The van der Waals surface area contributed by atoms with E-state index in [2.05, 4.69) is 66.4 Å². The van der Waals surface area contributed by atoms with Gasteiger partial charge in [0.05, 0.1) is 16.9 Å². The Balaban J connectivity index is 0.000000458. The molecule has 3 heterocycles. The van der Waals surface area contributed by atoms with Crippen molar-refractivity contribution in [1.29, 1.82) is 0 Å². The summed E-state index contributed by atoms with van der Waals surface area (Å²) in [5, 5.41) is 3.79. The van der Waals surface area contributed by atoms with Gasteiger partial charge in [-0.2, -0.15) is 0 Å². The average molecular weight is 606 g/mol. The van der Waals surface area contributed by atoms with E-state index < -0.39 is 0 Å². The highest BCUT2D eigenvalue weighted by molar-refractivity contribution is 6.33. The SMILES string of the molecule is CC1=CC=CCC=C1.CCCCN(CCC)C(=O)CN1Cc2ccc(-c3nc(NC4CCOCC4)ncc3Cl)cc2C1=O. The van der Waals surface area contributed by atoms with Crippen molar-refractivity contribution in [2.45, 2.75) is 71.9 Å². The molecular formula is C34H44ClN5O3. The van der Waals surface area contributed by atoms with Crippen LogP contribution < -0.4 is 5.32 Å². The van der Waals surface area contributed by atoms with E-state index in [0.717, 1.165) is 69.4 Å². The maximum absolute atomic E-state index is 13.2. The number of allylic oxidation sites excluding steroid dienone is 6. The number of hydrogen-bond donors (Lipinski definition) is 1. The fraction of sp³-hybridized carbons (Fsp3) is 0.471. The minimum absolute atomic E-state index is 0.00403. The van der Waals surface area contributed by atoms with Crippen molar-refractivity contribution in [3.63, 3.8) is 0 Å². The van der Waals surface area contributed by atoms with Crippen LogP contribution in [-0.2, 0) is 16.1 Å². The zero-order valence-electron chi connectivity index (χ0n) is 25.7. The fourth-order valence-corrected chi connectivity index (χ4v) is 5.43. The van der Waals surface area contributed by atoms with Crippen molar-refractivity contribution in [3.05, 3.63) is 76.5 Å². The number of amides is 2. The number of rotatable bonds is 10. The lowest BCUT2D eigenvalue weighted by molar-refractivity contribution is -0.132. The third-order valence-electron chi connectivity index (χ3n) is 7.66. The topological polar surface area (TPSA) is 87.7 Å². The summed E-state index contributed by atoms with van der Waals surface area (Å²) in [6.07, 6.45) is 18.0. The molecule has 1 aliphatic carbocycles. The molecule has 0 bridgehead atoms. The van der Waals surface area contributed by atoms with E-state index in [1.54, 1.807) is 11.1 Å². The second kappa shape index (κ2) is 16.4. The van der Waals surface area contributed by atoms with Crippen LogP contribution in [0.2, 0.25) is 5.02 Å². The van der Waals surface area contributed by atoms with Gasteiger partial charge in [-0.05, 0) is 50.7 Å². The van der Waals surface area contributed by atoms with Gasteiger partial charge in [0.1, 0.15) is 6.54 Å². The quantitative estimate of drug-likeness (QED) is 0.319. The molecule has 1 fully saturated rings. The van der Waals surface area contributed by atoms with Crippen LogP contribution in [-0.4, -0.2) is 70.5 Å². The van der Waals surface area contributed by atoms with E-state index in [9.17, 15) is 9.59 Å². The summed E-state index contributed by atoms with van der Waals surface area (Å²) in [7, 11) is 0. The first-order chi connectivity index (χ1) is 20.9. The van der Waals surface area contributed by atoms with Gasteiger partial charge in [0, 0.05) is 50.0 Å². The lowest BCUT2D eigenvalue weighted by atomic mass is 10.0. The third-order valence-corrected chi connectivity index (χ3v) is 7.94. The number of ether oxygens (including phenoxy) is 1. The van der Waals surface area contributed by atoms with Gasteiger partial charge in [-0.25, -0.2) is 9.97 Å². The fourth-order valence-electron chi connectivity index (χ4n) is 5.23. The second-order valence-electron chi connectivity index (χ2n) is 11.2. The van der Waals surface area contributed by atoms with Crippen molar-refractivity contribution in [2.24, 2.45) is 0 Å². The number of aromatic nitrogens is 2. The monoisotopic (exact) mass is 605 g/mol. The van der Waals surface area contributed by atoms with Gasteiger partial charge in [-0.1, -0.05) is 80.0 Å². The summed E-state index contributed by atoms with van der Waals surface area (Å²) in [4.78, 5) is 38.6. The maximum atomic E-state index is 13.2. The van der Waals surface area contributed by atoms with E-state index in [4.69, 9.17) is 16.3 Å². The highest BCUT2D eigenvalue weighted by Gasteiger charge is 2.30. The molecule has 0 unspecified atom stereocenters. The van der Waals surface area contributed by atoms with Gasteiger partial charge in [0.15, 0.2) is 0 Å². The average Bonchev–Trinajstić information content (AvgIpc) is 3.14. The Bertz CT molecular complexity index is 1350. The molecule has 0 spiro atoms. The lowest BCUT2D eigenvalue weighted by Gasteiger charge is -2.25. The molecule has 2 aromatic rings. The van der Waals surface area contributed by atoms with Crippen molar-refractivity contribution in [3.8, 4) is 11.3 Å². The molecule has 43 heavy (non-hydrogen) atoms. The zero-order chi connectivity index (χ0) is 30.6. The number of nitrogens with one attached hydrogen (secondary N) is 1. The second-order valence-corrected chi connectivity index (χ2v) is 11.6. The first kappa shape index (κ1) is 32.4. The Labute approximate surface area is 260 Å². The largest absolute Gasteiger partial charge is 0.381 e. The maximum Gasteiger partial charge on any atom is 0.254 e.